The predicted octanol–water partition coefficient (Wildman–Crippen LogP) is 0.895. The average molecular weight is 710 g/mol. The molecule has 2 aromatic rings. The minimum Gasteiger partial charge on any atom is -0.349 e. The van der Waals surface area contributed by atoms with Crippen LogP contribution in [-0.2, 0) is 37.3 Å². The summed E-state index contributed by atoms with van der Waals surface area (Å²) in [4.78, 5) is 53.6. The number of hydrogen-bond donors (Lipinski definition) is 1. The van der Waals surface area contributed by atoms with E-state index in [1.807, 2.05) is 46.9 Å². The molecule has 2 bridgehead atoms. The summed E-state index contributed by atoms with van der Waals surface area (Å²) in [6, 6.07) is 6.27. The fourth-order valence-corrected chi connectivity index (χ4v) is 9.49. The summed E-state index contributed by atoms with van der Waals surface area (Å²) in [5.74, 6) is -0.0832. The molecule has 7 heterocycles. The number of likely N-dealkylation sites (tertiary alicyclic amines) is 1. The Bertz CT molecular complexity index is 1680. The molecule has 8 rings (SSSR count). The molecule has 15 heteroatoms. The number of fused-ring (bicyclic) bond motifs is 4. The van der Waals surface area contributed by atoms with E-state index in [2.05, 4.69) is 25.4 Å². The van der Waals surface area contributed by atoms with Crippen molar-refractivity contribution >= 4 is 27.6 Å². The van der Waals surface area contributed by atoms with Gasteiger partial charge >= 0.3 is 0 Å². The summed E-state index contributed by atoms with van der Waals surface area (Å²) < 4.78 is 25.7. The molecule has 6 fully saturated rings. The van der Waals surface area contributed by atoms with Gasteiger partial charge in [-0.25, -0.2) is 13.1 Å². The van der Waals surface area contributed by atoms with Gasteiger partial charge < -0.3 is 20.0 Å². The number of carbonyl (C=O) groups excluding carboxylic acids is 3. The van der Waals surface area contributed by atoms with Crippen LogP contribution in [-0.4, -0.2) is 149 Å². The lowest BCUT2D eigenvalue weighted by Gasteiger charge is -2.45. The zero-order chi connectivity index (χ0) is 35.2. The smallest absolute Gasteiger partial charge is 0.245 e. The lowest BCUT2D eigenvalue weighted by Crippen LogP contribution is -2.62. The quantitative estimate of drug-likeness (QED) is 0.460. The van der Waals surface area contributed by atoms with Gasteiger partial charge in [0.2, 0.25) is 17.7 Å². The first kappa shape index (κ1) is 35.0. The Kier molecular flexibility index (Phi) is 9.78. The standard InChI is InChI=1S/C35H51N9O5S/c1-39(2)22-26-23-44(38-37-26)28-19-31-34(47)41-15-10-27(11-16-41)42-14-4-5-30(42)33(46)36-35(20-32(45)43(31)24-28)12-17-40(18-13-35)21-25-6-8-29(9-7-25)50(3,48)49/h6-9,23,27-28,30-31H,4-5,10-22,24H2,1-3H3,(H,36,46)/t28-,30-,31-/m0/s1. The number of rotatable bonds is 6. The fraction of sp³-hybridized carbons (Fsp3) is 0.686. The van der Waals surface area contributed by atoms with E-state index < -0.39 is 21.4 Å². The predicted molar refractivity (Wildman–Crippen MR) is 185 cm³/mol. The Hall–Kier alpha value is -3.40. The van der Waals surface area contributed by atoms with Crippen molar-refractivity contribution in [3.8, 4) is 0 Å². The van der Waals surface area contributed by atoms with Gasteiger partial charge in [0.1, 0.15) is 6.04 Å². The highest BCUT2D eigenvalue weighted by Crippen LogP contribution is 2.36. The number of amides is 3. The van der Waals surface area contributed by atoms with Gasteiger partial charge in [-0.3, -0.25) is 24.2 Å². The Balaban J connectivity index is 1.14. The van der Waals surface area contributed by atoms with Crippen molar-refractivity contribution in [3.63, 3.8) is 0 Å². The number of aromatic nitrogens is 3. The minimum atomic E-state index is -3.27. The third kappa shape index (κ3) is 7.32. The van der Waals surface area contributed by atoms with Crippen LogP contribution < -0.4 is 5.32 Å². The maximum Gasteiger partial charge on any atom is 0.245 e. The highest BCUT2D eigenvalue weighted by Gasteiger charge is 2.48. The van der Waals surface area contributed by atoms with Gasteiger partial charge in [0.05, 0.1) is 40.8 Å². The second-order valence-corrected chi connectivity index (χ2v) is 17.5. The Morgan fingerprint density at radius 1 is 0.940 bits per heavy atom. The molecule has 6 saturated heterocycles. The van der Waals surface area contributed by atoms with Crippen LogP contribution in [0.1, 0.15) is 68.7 Å². The molecule has 0 saturated carbocycles. The van der Waals surface area contributed by atoms with Gasteiger partial charge in [-0.05, 0) is 76.9 Å². The number of benzene rings is 1. The van der Waals surface area contributed by atoms with Crippen molar-refractivity contribution in [1.82, 2.24) is 44.8 Å². The van der Waals surface area contributed by atoms with Crippen LogP contribution in [0.5, 0.6) is 0 Å². The summed E-state index contributed by atoms with van der Waals surface area (Å²) in [6.07, 6.45) is 8.34. The van der Waals surface area contributed by atoms with Crippen molar-refractivity contribution in [2.24, 2.45) is 0 Å². The van der Waals surface area contributed by atoms with Gasteiger partial charge in [-0.2, -0.15) is 0 Å². The van der Waals surface area contributed by atoms with Gasteiger partial charge in [0, 0.05) is 64.5 Å². The van der Waals surface area contributed by atoms with Crippen molar-refractivity contribution < 1.29 is 22.8 Å². The van der Waals surface area contributed by atoms with E-state index in [0.717, 1.165) is 43.5 Å². The molecule has 50 heavy (non-hydrogen) atoms. The summed E-state index contributed by atoms with van der Waals surface area (Å²) in [6.45, 7) is 5.14. The molecule has 1 spiro atoms. The molecule has 14 nitrogen and oxygen atoms in total. The van der Waals surface area contributed by atoms with E-state index in [1.54, 1.807) is 17.0 Å². The number of carbonyl (C=O) groups is 3. The van der Waals surface area contributed by atoms with E-state index in [-0.39, 0.29) is 42.3 Å². The second-order valence-electron chi connectivity index (χ2n) is 15.5. The van der Waals surface area contributed by atoms with Crippen molar-refractivity contribution in [2.75, 3.05) is 59.6 Å². The van der Waals surface area contributed by atoms with Crippen LogP contribution in [0.15, 0.2) is 35.4 Å². The molecule has 0 unspecified atom stereocenters. The first-order valence-corrected chi connectivity index (χ1v) is 20.0. The first-order valence-electron chi connectivity index (χ1n) is 18.1. The van der Waals surface area contributed by atoms with Crippen LogP contribution in [0.4, 0.5) is 0 Å². The number of piperidine rings is 2. The monoisotopic (exact) mass is 709 g/mol. The Morgan fingerprint density at radius 3 is 2.34 bits per heavy atom. The molecular formula is C35H51N9O5S. The third-order valence-electron chi connectivity index (χ3n) is 11.6. The minimum absolute atomic E-state index is 0.0118. The Labute approximate surface area is 295 Å². The SMILES string of the molecule is CN(C)Cc1cn([C@H]2C[C@H]3C(=O)N4CCC(CC4)N4CCC[C@H]4C(=O)NC4(CCN(Cc5ccc(S(C)(=O)=O)cc5)CC4)CC(=O)N3C2)nn1. The highest BCUT2D eigenvalue weighted by molar-refractivity contribution is 7.90. The summed E-state index contributed by atoms with van der Waals surface area (Å²) in [5.41, 5.74) is 1.11. The average Bonchev–Trinajstić information content (AvgIpc) is 3.85. The largest absolute Gasteiger partial charge is 0.349 e. The molecule has 6 aliphatic heterocycles. The normalized spacial score (nSPS) is 27.2. The second kappa shape index (κ2) is 14.0. The fourth-order valence-electron chi connectivity index (χ4n) is 8.86. The van der Waals surface area contributed by atoms with Crippen molar-refractivity contribution in [2.45, 2.75) is 99.1 Å². The maximum atomic E-state index is 14.5. The van der Waals surface area contributed by atoms with Gasteiger partial charge in [-0.15, -0.1) is 5.10 Å². The topological polar surface area (TPSA) is 144 Å². The van der Waals surface area contributed by atoms with Crippen LogP contribution in [0.25, 0.3) is 0 Å². The zero-order valence-corrected chi connectivity index (χ0v) is 30.4. The number of nitrogens with zero attached hydrogens (tertiary/aromatic N) is 8. The first-order chi connectivity index (χ1) is 23.9. The number of sulfone groups is 1. The summed E-state index contributed by atoms with van der Waals surface area (Å²) in [7, 11) is 0.684. The van der Waals surface area contributed by atoms with E-state index in [4.69, 9.17) is 0 Å². The number of hydrogen-bond acceptors (Lipinski definition) is 10. The van der Waals surface area contributed by atoms with Crippen LogP contribution in [0.2, 0.25) is 0 Å². The van der Waals surface area contributed by atoms with Crippen molar-refractivity contribution in [3.05, 3.63) is 41.7 Å². The van der Waals surface area contributed by atoms with Crippen molar-refractivity contribution in [1.29, 1.82) is 0 Å². The van der Waals surface area contributed by atoms with E-state index >= 15 is 0 Å². The lowest BCUT2D eigenvalue weighted by molar-refractivity contribution is -0.147. The molecule has 6 aliphatic rings. The van der Waals surface area contributed by atoms with E-state index in [1.165, 1.54) is 6.26 Å². The number of nitrogens with one attached hydrogen (secondary N) is 1. The molecule has 1 N–H and O–H groups in total. The molecule has 3 atom stereocenters. The maximum absolute atomic E-state index is 14.5. The molecular weight excluding hydrogens is 659 g/mol. The summed E-state index contributed by atoms with van der Waals surface area (Å²) in [5, 5.41) is 12.2. The van der Waals surface area contributed by atoms with Gasteiger partial charge in [-0.1, -0.05) is 17.3 Å². The van der Waals surface area contributed by atoms with Gasteiger partial charge in [0.15, 0.2) is 9.84 Å². The van der Waals surface area contributed by atoms with Crippen LogP contribution in [0, 0.1) is 0 Å². The van der Waals surface area contributed by atoms with Crippen LogP contribution >= 0.6 is 0 Å². The summed E-state index contributed by atoms with van der Waals surface area (Å²) >= 11 is 0. The molecule has 1 aromatic heterocycles. The molecule has 3 amide bonds. The van der Waals surface area contributed by atoms with E-state index in [9.17, 15) is 22.8 Å². The highest BCUT2D eigenvalue weighted by atomic mass is 32.2. The van der Waals surface area contributed by atoms with E-state index in [0.29, 0.717) is 70.0 Å². The zero-order valence-electron chi connectivity index (χ0n) is 29.5. The third-order valence-corrected chi connectivity index (χ3v) is 12.7. The molecule has 0 aliphatic carbocycles. The molecule has 272 valence electrons. The van der Waals surface area contributed by atoms with Gasteiger partial charge in [0.25, 0.3) is 0 Å². The molecule has 0 radical (unpaired) electrons. The Morgan fingerprint density at radius 2 is 1.66 bits per heavy atom. The van der Waals surface area contributed by atoms with Crippen LogP contribution in [0.3, 0.4) is 0 Å². The lowest BCUT2D eigenvalue weighted by atomic mass is 9.83. The molecule has 1 aromatic carbocycles.